The number of benzene rings is 1. The van der Waals surface area contributed by atoms with Gasteiger partial charge in [-0.2, -0.15) is 0 Å². The van der Waals surface area contributed by atoms with Crippen molar-refractivity contribution >= 4 is 0 Å². The predicted octanol–water partition coefficient (Wildman–Crippen LogP) is 3.05. The molecule has 1 heterocycles. The van der Waals surface area contributed by atoms with Gasteiger partial charge < -0.3 is 19.5 Å². The van der Waals surface area contributed by atoms with Crippen molar-refractivity contribution in [3.8, 4) is 17.4 Å². The molecule has 5 nitrogen and oxygen atoms in total. The van der Waals surface area contributed by atoms with Crippen molar-refractivity contribution in [2.24, 2.45) is 0 Å². The Morgan fingerprint density at radius 3 is 2.70 bits per heavy atom. The van der Waals surface area contributed by atoms with Crippen LogP contribution in [0.2, 0.25) is 0 Å². The lowest BCUT2D eigenvalue weighted by molar-refractivity contribution is 0.293. The summed E-state index contributed by atoms with van der Waals surface area (Å²) in [7, 11) is 1.66. The Morgan fingerprint density at radius 2 is 1.96 bits per heavy atom. The van der Waals surface area contributed by atoms with Crippen LogP contribution in [0.25, 0.3) is 0 Å². The highest BCUT2D eigenvalue weighted by molar-refractivity contribution is 5.42. The highest BCUT2D eigenvalue weighted by Crippen LogP contribution is 2.28. The number of nitrogens with one attached hydrogen (secondary N) is 1. The topological polar surface area (TPSA) is 52.6 Å². The summed E-state index contributed by atoms with van der Waals surface area (Å²) < 4.78 is 16.6. The summed E-state index contributed by atoms with van der Waals surface area (Å²) in [4.78, 5) is 4.11. The van der Waals surface area contributed by atoms with Crippen LogP contribution in [0.5, 0.6) is 17.4 Å². The lowest BCUT2D eigenvalue weighted by Gasteiger charge is -2.12. The Morgan fingerprint density at radius 1 is 1.04 bits per heavy atom. The van der Waals surface area contributed by atoms with E-state index in [1.54, 1.807) is 13.3 Å². The van der Waals surface area contributed by atoms with Crippen LogP contribution < -0.4 is 19.5 Å². The Labute approximate surface area is 137 Å². The van der Waals surface area contributed by atoms with Crippen molar-refractivity contribution in [3.05, 3.63) is 48.2 Å². The third-order valence-corrected chi connectivity index (χ3v) is 3.19. The average Bonchev–Trinajstić information content (AvgIpc) is 2.61. The van der Waals surface area contributed by atoms with Crippen LogP contribution in [0.1, 0.15) is 18.9 Å². The maximum absolute atomic E-state index is 5.65. The molecular weight excluding hydrogens is 292 g/mol. The van der Waals surface area contributed by atoms with E-state index in [1.165, 1.54) is 0 Å². The summed E-state index contributed by atoms with van der Waals surface area (Å²) in [5.41, 5.74) is 1.14. The fourth-order valence-electron chi connectivity index (χ4n) is 2.05. The molecule has 0 fully saturated rings. The summed E-state index contributed by atoms with van der Waals surface area (Å²) >= 11 is 0. The minimum atomic E-state index is 0.575. The standard InChI is InChI=1S/C18H24N2O3/c1-3-11-22-16-8-7-15(13-17(16)21-2)14-19-10-12-23-18-6-4-5-9-20-18/h4-9,13,19H,3,10-12,14H2,1-2H3. The number of rotatable bonds is 10. The van der Waals surface area contributed by atoms with Crippen molar-refractivity contribution in [2.45, 2.75) is 19.9 Å². The Balaban J connectivity index is 1.74. The van der Waals surface area contributed by atoms with Gasteiger partial charge in [-0.15, -0.1) is 0 Å². The van der Waals surface area contributed by atoms with Crippen molar-refractivity contribution in [1.82, 2.24) is 10.3 Å². The molecule has 1 aromatic heterocycles. The van der Waals surface area contributed by atoms with E-state index in [2.05, 4.69) is 17.2 Å². The Hall–Kier alpha value is -2.27. The largest absolute Gasteiger partial charge is 0.493 e. The minimum absolute atomic E-state index is 0.575. The van der Waals surface area contributed by atoms with Crippen molar-refractivity contribution in [2.75, 3.05) is 26.9 Å². The molecule has 2 aromatic rings. The molecule has 23 heavy (non-hydrogen) atoms. The SMILES string of the molecule is CCCOc1ccc(CNCCOc2ccccn2)cc1OC. The third kappa shape index (κ3) is 5.79. The van der Waals surface area contributed by atoms with Gasteiger partial charge in [-0.05, 0) is 30.2 Å². The molecule has 2 rings (SSSR count). The fourth-order valence-corrected chi connectivity index (χ4v) is 2.05. The number of hydrogen-bond acceptors (Lipinski definition) is 5. The molecule has 1 aromatic carbocycles. The first kappa shape index (κ1) is 17.1. The van der Waals surface area contributed by atoms with Crippen molar-refractivity contribution < 1.29 is 14.2 Å². The maximum atomic E-state index is 5.65. The second kappa shape index (κ2) is 9.69. The zero-order valence-electron chi connectivity index (χ0n) is 13.7. The van der Waals surface area contributed by atoms with Gasteiger partial charge in [0.2, 0.25) is 5.88 Å². The van der Waals surface area contributed by atoms with E-state index in [9.17, 15) is 0 Å². The predicted molar refractivity (Wildman–Crippen MR) is 90.2 cm³/mol. The fraction of sp³-hybridized carbons (Fsp3) is 0.389. The quantitative estimate of drug-likeness (QED) is 0.683. The first-order chi connectivity index (χ1) is 11.3. The monoisotopic (exact) mass is 316 g/mol. The summed E-state index contributed by atoms with van der Waals surface area (Å²) in [5, 5.41) is 3.34. The smallest absolute Gasteiger partial charge is 0.213 e. The molecule has 124 valence electrons. The summed E-state index contributed by atoms with van der Waals surface area (Å²) in [6, 6.07) is 11.6. The van der Waals surface area contributed by atoms with E-state index < -0.39 is 0 Å². The number of hydrogen-bond donors (Lipinski definition) is 1. The number of ether oxygens (including phenoxy) is 3. The molecule has 0 atom stereocenters. The Kier molecular flexibility index (Phi) is 7.20. The van der Waals surface area contributed by atoms with Gasteiger partial charge in [0.15, 0.2) is 11.5 Å². The number of methoxy groups -OCH3 is 1. The van der Waals surface area contributed by atoms with Gasteiger partial charge in [0.05, 0.1) is 13.7 Å². The van der Waals surface area contributed by atoms with Gasteiger partial charge >= 0.3 is 0 Å². The summed E-state index contributed by atoms with van der Waals surface area (Å²) in [6.07, 6.45) is 2.69. The van der Waals surface area contributed by atoms with E-state index in [4.69, 9.17) is 14.2 Å². The molecule has 0 bridgehead atoms. The molecule has 0 aliphatic heterocycles. The van der Waals surface area contributed by atoms with E-state index >= 15 is 0 Å². The van der Waals surface area contributed by atoms with Gasteiger partial charge in [0.1, 0.15) is 6.61 Å². The second-order valence-electron chi connectivity index (χ2n) is 5.03. The molecule has 0 saturated carbocycles. The first-order valence-electron chi connectivity index (χ1n) is 7.87. The van der Waals surface area contributed by atoms with Gasteiger partial charge in [0.25, 0.3) is 0 Å². The van der Waals surface area contributed by atoms with Crippen LogP contribution in [-0.2, 0) is 6.54 Å². The van der Waals surface area contributed by atoms with Crippen molar-refractivity contribution in [1.29, 1.82) is 0 Å². The molecule has 0 unspecified atom stereocenters. The molecule has 0 aliphatic carbocycles. The van der Waals surface area contributed by atoms with E-state index in [1.807, 2.05) is 36.4 Å². The normalized spacial score (nSPS) is 10.3. The maximum Gasteiger partial charge on any atom is 0.213 e. The zero-order valence-corrected chi connectivity index (χ0v) is 13.7. The van der Waals surface area contributed by atoms with Crippen LogP contribution in [0.4, 0.5) is 0 Å². The van der Waals surface area contributed by atoms with Crippen LogP contribution >= 0.6 is 0 Å². The second-order valence-corrected chi connectivity index (χ2v) is 5.03. The van der Waals surface area contributed by atoms with Crippen LogP contribution in [0.15, 0.2) is 42.6 Å². The lowest BCUT2D eigenvalue weighted by atomic mass is 10.2. The van der Waals surface area contributed by atoms with Crippen LogP contribution in [0.3, 0.4) is 0 Å². The zero-order chi connectivity index (χ0) is 16.3. The average molecular weight is 316 g/mol. The summed E-state index contributed by atoms with van der Waals surface area (Å²) in [5.74, 6) is 2.20. The van der Waals surface area contributed by atoms with Gasteiger partial charge in [0, 0.05) is 25.4 Å². The van der Waals surface area contributed by atoms with Crippen molar-refractivity contribution in [3.63, 3.8) is 0 Å². The molecule has 0 spiro atoms. The van der Waals surface area contributed by atoms with Gasteiger partial charge in [-0.3, -0.25) is 0 Å². The van der Waals surface area contributed by atoms with Gasteiger partial charge in [-0.25, -0.2) is 4.98 Å². The van der Waals surface area contributed by atoms with E-state index in [0.29, 0.717) is 19.1 Å². The molecule has 0 radical (unpaired) electrons. The molecule has 0 amide bonds. The summed E-state index contributed by atoms with van der Waals surface area (Å²) in [6.45, 7) is 4.84. The molecule has 0 aliphatic rings. The lowest BCUT2D eigenvalue weighted by Crippen LogP contribution is -2.20. The van der Waals surface area contributed by atoms with Gasteiger partial charge in [-0.1, -0.05) is 19.1 Å². The van der Waals surface area contributed by atoms with E-state index in [-0.39, 0.29) is 0 Å². The molecule has 1 N–H and O–H groups in total. The number of nitrogens with zero attached hydrogens (tertiary/aromatic N) is 1. The highest BCUT2D eigenvalue weighted by atomic mass is 16.5. The molecule has 0 saturated heterocycles. The minimum Gasteiger partial charge on any atom is -0.493 e. The first-order valence-corrected chi connectivity index (χ1v) is 7.87. The van der Waals surface area contributed by atoms with E-state index in [0.717, 1.165) is 36.6 Å². The van der Waals surface area contributed by atoms with Crippen LogP contribution in [-0.4, -0.2) is 31.9 Å². The number of aromatic nitrogens is 1. The Bertz CT molecular complexity index is 576. The van der Waals surface area contributed by atoms with Crippen LogP contribution in [0, 0.1) is 0 Å². The molecule has 5 heteroatoms. The highest BCUT2D eigenvalue weighted by Gasteiger charge is 2.05. The third-order valence-electron chi connectivity index (χ3n) is 3.19. The number of pyridine rings is 1. The molecular formula is C18H24N2O3.